The Kier molecular flexibility index (Phi) is 1.57. The number of fused-ring (bicyclic) bond motifs is 1. The van der Waals surface area contributed by atoms with Gasteiger partial charge in [0.25, 0.3) is 0 Å². The van der Waals surface area contributed by atoms with Gasteiger partial charge in [0, 0.05) is 10.9 Å². The van der Waals surface area contributed by atoms with E-state index in [9.17, 15) is 0 Å². The molecule has 0 radical (unpaired) electrons. The number of nitrogens with one attached hydrogen (secondary N) is 1. The first-order chi connectivity index (χ1) is 5.27. The summed E-state index contributed by atoms with van der Waals surface area (Å²) in [6.07, 6.45) is 0. The van der Waals surface area contributed by atoms with Crippen LogP contribution in [-0.4, -0.2) is 0 Å². The van der Waals surface area contributed by atoms with Crippen molar-refractivity contribution in [1.82, 2.24) is 0 Å². The van der Waals surface area contributed by atoms with Crippen LogP contribution in [0.15, 0.2) is 18.2 Å². The van der Waals surface area contributed by atoms with Gasteiger partial charge in [0.2, 0.25) is 0 Å². The summed E-state index contributed by atoms with van der Waals surface area (Å²) in [7, 11) is 0. The molecule has 1 heterocycles. The lowest BCUT2D eigenvalue weighted by atomic mass is 10.1. The maximum absolute atomic E-state index is 3.29. The van der Waals surface area contributed by atoms with Gasteiger partial charge in [-0.1, -0.05) is 17.7 Å². The number of hydrogen-bond acceptors (Lipinski definition) is 2. The molecule has 11 heavy (non-hydrogen) atoms. The highest BCUT2D eigenvalue weighted by Crippen LogP contribution is 2.41. The van der Waals surface area contributed by atoms with E-state index in [-0.39, 0.29) is 0 Å². The van der Waals surface area contributed by atoms with Crippen molar-refractivity contribution in [3.05, 3.63) is 29.3 Å². The van der Waals surface area contributed by atoms with E-state index in [1.54, 1.807) is 11.9 Å². The van der Waals surface area contributed by atoms with E-state index in [4.69, 9.17) is 0 Å². The standard InChI is InChI=1S/C9H11NS/c1-6-3-4-9-8(5-6)7(2)11-10-9/h3-5,7,10H,1-2H3/t7-/m1/s1. The molecule has 1 atom stereocenters. The number of hydrogen-bond donors (Lipinski definition) is 1. The van der Waals surface area contributed by atoms with Gasteiger partial charge in [-0.25, -0.2) is 0 Å². The predicted octanol–water partition coefficient (Wildman–Crippen LogP) is 3.13. The second-order valence-electron chi connectivity index (χ2n) is 2.95. The molecule has 0 aromatic heterocycles. The van der Waals surface area contributed by atoms with Crippen molar-refractivity contribution in [3.63, 3.8) is 0 Å². The molecular weight excluding hydrogens is 154 g/mol. The normalized spacial score (nSPS) is 21.1. The van der Waals surface area contributed by atoms with Gasteiger partial charge < -0.3 is 4.72 Å². The molecule has 0 saturated heterocycles. The zero-order valence-electron chi connectivity index (χ0n) is 6.72. The fraction of sp³-hybridized carbons (Fsp3) is 0.333. The lowest BCUT2D eigenvalue weighted by Crippen LogP contribution is -1.82. The molecule has 0 saturated carbocycles. The SMILES string of the molecule is Cc1ccc2c(c1)[C@@H](C)SN2. The lowest BCUT2D eigenvalue weighted by molar-refractivity contribution is 1.12. The molecule has 1 nitrogen and oxygen atoms in total. The third kappa shape index (κ3) is 1.11. The number of anilines is 1. The summed E-state index contributed by atoms with van der Waals surface area (Å²) in [4.78, 5) is 0. The number of benzene rings is 1. The summed E-state index contributed by atoms with van der Waals surface area (Å²) in [6.45, 7) is 4.36. The third-order valence-electron chi connectivity index (χ3n) is 1.99. The molecule has 1 aliphatic rings. The molecule has 2 rings (SSSR count). The summed E-state index contributed by atoms with van der Waals surface area (Å²) in [5.41, 5.74) is 4.07. The van der Waals surface area contributed by atoms with Crippen LogP contribution in [0, 0.1) is 6.92 Å². The molecule has 0 aliphatic carbocycles. The molecule has 1 N–H and O–H groups in total. The minimum atomic E-state index is 0.602. The van der Waals surface area contributed by atoms with Crippen molar-refractivity contribution in [2.75, 3.05) is 4.72 Å². The van der Waals surface area contributed by atoms with Gasteiger partial charge in [0.1, 0.15) is 0 Å². The molecule has 1 aromatic rings. The zero-order chi connectivity index (χ0) is 7.84. The fourth-order valence-electron chi connectivity index (χ4n) is 1.33. The smallest absolute Gasteiger partial charge is 0.0488 e. The van der Waals surface area contributed by atoms with E-state index in [0.717, 1.165) is 0 Å². The van der Waals surface area contributed by atoms with Gasteiger partial charge >= 0.3 is 0 Å². The molecule has 0 amide bonds. The van der Waals surface area contributed by atoms with Crippen molar-refractivity contribution < 1.29 is 0 Å². The molecular formula is C9H11NS. The van der Waals surface area contributed by atoms with Gasteiger partial charge in [-0.05, 0) is 37.4 Å². The molecule has 0 fully saturated rings. The first-order valence-electron chi connectivity index (χ1n) is 3.79. The molecule has 0 spiro atoms. The highest BCUT2D eigenvalue weighted by Gasteiger charge is 2.17. The summed E-state index contributed by atoms with van der Waals surface area (Å²) >= 11 is 1.78. The lowest BCUT2D eigenvalue weighted by Gasteiger charge is -2.01. The zero-order valence-corrected chi connectivity index (χ0v) is 7.53. The molecule has 0 unspecified atom stereocenters. The van der Waals surface area contributed by atoms with Gasteiger partial charge in [-0.2, -0.15) is 0 Å². The second kappa shape index (κ2) is 2.45. The highest BCUT2D eigenvalue weighted by molar-refractivity contribution is 8.01. The Morgan fingerprint density at radius 2 is 2.27 bits per heavy atom. The van der Waals surface area contributed by atoms with E-state index in [2.05, 4.69) is 36.8 Å². The Morgan fingerprint density at radius 1 is 1.45 bits per heavy atom. The third-order valence-corrected chi connectivity index (χ3v) is 2.94. The average Bonchev–Trinajstić information content (AvgIpc) is 2.33. The topological polar surface area (TPSA) is 12.0 Å². The molecule has 1 aromatic carbocycles. The van der Waals surface area contributed by atoms with Gasteiger partial charge in [0.15, 0.2) is 0 Å². The van der Waals surface area contributed by atoms with Crippen LogP contribution in [0.5, 0.6) is 0 Å². The Hall–Kier alpha value is -0.630. The first-order valence-corrected chi connectivity index (χ1v) is 4.67. The maximum atomic E-state index is 3.29. The fourth-order valence-corrected chi connectivity index (χ4v) is 2.14. The predicted molar refractivity (Wildman–Crippen MR) is 50.8 cm³/mol. The van der Waals surface area contributed by atoms with Crippen LogP contribution < -0.4 is 4.72 Å². The minimum absolute atomic E-state index is 0.602. The summed E-state index contributed by atoms with van der Waals surface area (Å²) in [5.74, 6) is 0. The number of aryl methyl sites for hydroxylation is 1. The van der Waals surface area contributed by atoms with E-state index in [1.165, 1.54) is 16.8 Å². The minimum Gasteiger partial charge on any atom is -0.329 e. The Morgan fingerprint density at radius 3 is 3.09 bits per heavy atom. The second-order valence-corrected chi connectivity index (χ2v) is 4.10. The Labute approximate surface area is 71.3 Å². The van der Waals surface area contributed by atoms with E-state index < -0.39 is 0 Å². The van der Waals surface area contributed by atoms with Crippen LogP contribution in [0.3, 0.4) is 0 Å². The highest BCUT2D eigenvalue weighted by atomic mass is 32.2. The van der Waals surface area contributed by atoms with Crippen LogP contribution in [0.1, 0.15) is 23.3 Å². The van der Waals surface area contributed by atoms with Crippen molar-refractivity contribution in [2.24, 2.45) is 0 Å². The monoisotopic (exact) mass is 165 g/mol. The quantitative estimate of drug-likeness (QED) is 0.593. The Bertz CT molecular complexity index is 283. The molecule has 0 bridgehead atoms. The van der Waals surface area contributed by atoms with Crippen molar-refractivity contribution in [2.45, 2.75) is 19.1 Å². The van der Waals surface area contributed by atoms with Crippen LogP contribution in [0.2, 0.25) is 0 Å². The Balaban J connectivity index is 2.52. The van der Waals surface area contributed by atoms with Gasteiger partial charge in [-0.15, -0.1) is 0 Å². The summed E-state index contributed by atoms with van der Waals surface area (Å²) < 4.78 is 3.29. The molecule has 58 valence electrons. The molecule has 2 heteroatoms. The van der Waals surface area contributed by atoms with Crippen LogP contribution in [-0.2, 0) is 0 Å². The van der Waals surface area contributed by atoms with Crippen molar-refractivity contribution >= 4 is 17.6 Å². The van der Waals surface area contributed by atoms with E-state index in [1.807, 2.05) is 0 Å². The number of rotatable bonds is 0. The average molecular weight is 165 g/mol. The van der Waals surface area contributed by atoms with E-state index >= 15 is 0 Å². The summed E-state index contributed by atoms with van der Waals surface area (Å²) in [6, 6.07) is 6.55. The van der Waals surface area contributed by atoms with Crippen LogP contribution in [0.25, 0.3) is 0 Å². The summed E-state index contributed by atoms with van der Waals surface area (Å²) in [5, 5.41) is 0.602. The van der Waals surface area contributed by atoms with Crippen LogP contribution >= 0.6 is 11.9 Å². The van der Waals surface area contributed by atoms with Crippen molar-refractivity contribution in [1.29, 1.82) is 0 Å². The van der Waals surface area contributed by atoms with Crippen LogP contribution in [0.4, 0.5) is 5.69 Å². The first kappa shape index (κ1) is 7.04. The van der Waals surface area contributed by atoms with Gasteiger partial charge in [-0.3, -0.25) is 0 Å². The molecule has 1 aliphatic heterocycles. The maximum Gasteiger partial charge on any atom is 0.0488 e. The van der Waals surface area contributed by atoms with E-state index in [0.29, 0.717) is 5.25 Å². The van der Waals surface area contributed by atoms with Crippen molar-refractivity contribution in [3.8, 4) is 0 Å². The largest absolute Gasteiger partial charge is 0.329 e. The van der Waals surface area contributed by atoms with Gasteiger partial charge in [0.05, 0.1) is 0 Å².